The highest BCUT2D eigenvalue weighted by Gasteiger charge is 2.03. The summed E-state index contributed by atoms with van der Waals surface area (Å²) in [5.41, 5.74) is 1.13. The van der Waals surface area contributed by atoms with Crippen LogP contribution in [0.1, 0.15) is 32.3 Å². The lowest BCUT2D eigenvalue weighted by Gasteiger charge is -2.13. The van der Waals surface area contributed by atoms with Gasteiger partial charge in [-0.1, -0.05) is 25.1 Å². The number of aryl methyl sites for hydroxylation is 1. The number of hydrogen-bond donors (Lipinski definition) is 2. The summed E-state index contributed by atoms with van der Waals surface area (Å²) < 4.78 is 5.65. The normalized spacial score (nSPS) is 11.7. The molecule has 2 amide bonds. The predicted molar refractivity (Wildman–Crippen MR) is 77.6 cm³/mol. The van der Waals surface area contributed by atoms with Crippen LogP contribution in [0.5, 0.6) is 5.75 Å². The maximum atomic E-state index is 11.4. The molecule has 4 nitrogen and oxygen atoms in total. The molecule has 1 unspecified atom stereocenters. The van der Waals surface area contributed by atoms with Crippen LogP contribution >= 0.6 is 0 Å². The van der Waals surface area contributed by atoms with Crippen LogP contribution in [0.3, 0.4) is 0 Å². The fourth-order valence-corrected chi connectivity index (χ4v) is 1.55. The second-order valence-electron chi connectivity index (χ2n) is 4.68. The van der Waals surface area contributed by atoms with Crippen LogP contribution in [0.2, 0.25) is 0 Å². The minimum absolute atomic E-state index is 0.106. The van der Waals surface area contributed by atoms with Gasteiger partial charge in [-0.2, -0.15) is 0 Å². The number of para-hydroxylation sites is 1. The Hall–Kier alpha value is -1.71. The third-order valence-electron chi connectivity index (χ3n) is 2.95. The molecular weight excluding hydrogens is 240 g/mol. The summed E-state index contributed by atoms with van der Waals surface area (Å²) in [4.78, 5) is 11.4. The number of amides is 2. The van der Waals surface area contributed by atoms with Crippen molar-refractivity contribution in [2.24, 2.45) is 0 Å². The van der Waals surface area contributed by atoms with Gasteiger partial charge in [0.05, 0.1) is 6.61 Å². The van der Waals surface area contributed by atoms with Crippen LogP contribution in [0.4, 0.5) is 4.79 Å². The highest BCUT2D eigenvalue weighted by atomic mass is 16.5. The monoisotopic (exact) mass is 264 g/mol. The second kappa shape index (κ2) is 8.40. The molecule has 0 saturated carbocycles. The van der Waals surface area contributed by atoms with E-state index in [0.717, 1.165) is 24.2 Å². The number of nitrogens with one attached hydrogen (secondary N) is 2. The first-order valence-electron chi connectivity index (χ1n) is 6.86. The number of carbonyl (C=O) groups excluding carboxylic acids is 1. The van der Waals surface area contributed by atoms with Crippen molar-refractivity contribution >= 4 is 6.03 Å². The second-order valence-corrected chi connectivity index (χ2v) is 4.68. The number of urea groups is 1. The molecule has 0 fully saturated rings. The fourth-order valence-electron chi connectivity index (χ4n) is 1.55. The SMILES string of the molecule is CCC(C)NC(=O)NCCCOc1ccccc1C. The van der Waals surface area contributed by atoms with Gasteiger partial charge in [-0.15, -0.1) is 0 Å². The van der Waals surface area contributed by atoms with Crippen LogP contribution in [0.25, 0.3) is 0 Å². The van der Waals surface area contributed by atoms with Gasteiger partial charge >= 0.3 is 6.03 Å². The van der Waals surface area contributed by atoms with Gasteiger partial charge in [0.15, 0.2) is 0 Å². The van der Waals surface area contributed by atoms with Crippen LogP contribution < -0.4 is 15.4 Å². The summed E-state index contributed by atoms with van der Waals surface area (Å²) in [5.74, 6) is 0.909. The highest BCUT2D eigenvalue weighted by Crippen LogP contribution is 2.15. The molecule has 0 spiro atoms. The number of rotatable bonds is 7. The van der Waals surface area contributed by atoms with Crippen LogP contribution in [-0.2, 0) is 0 Å². The standard InChI is InChI=1S/C15H24N2O2/c1-4-13(3)17-15(18)16-10-7-11-19-14-9-6-5-8-12(14)2/h5-6,8-9,13H,4,7,10-11H2,1-3H3,(H2,16,17,18). The molecule has 1 rings (SSSR count). The largest absolute Gasteiger partial charge is 0.493 e. The van der Waals surface area contributed by atoms with Crippen molar-refractivity contribution in [3.63, 3.8) is 0 Å². The van der Waals surface area contributed by atoms with E-state index < -0.39 is 0 Å². The molecule has 0 aromatic heterocycles. The average molecular weight is 264 g/mol. The minimum atomic E-state index is -0.106. The van der Waals surface area contributed by atoms with Gasteiger partial charge < -0.3 is 15.4 Å². The van der Waals surface area contributed by atoms with E-state index in [1.54, 1.807) is 0 Å². The first kappa shape index (κ1) is 15.3. The third-order valence-corrected chi connectivity index (χ3v) is 2.95. The lowest BCUT2D eigenvalue weighted by molar-refractivity contribution is 0.235. The van der Waals surface area contributed by atoms with Crippen molar-refractivity contribution in [3.05, 3.63) is 29.8 Å². The molecule has 0 bridgehead atoms. The van der Waals surface area contributed by atoms with Crippen molar-refractivity contribution in [1.29, 1.82) is 0 Å². The molecule has 4 heteroatoms. The zero-order valence-electron chi connectivity index (χ0n) is 12.0. The van der Waals surface area contributed by atoms with Crippen molar-refractivity contribution < 1.29 is 9.53 Å². The minimum Gasteiger partial charge on any atom is -0.493 e. The van der Waals surface area contributed by atoms with E-state index >= 15 is 0 Å². The summed E-state index contributed by atoms with van der Waals surface area (Å²) in [6.45, 7) is 7.28. The maximum absolute atomic E-state index is 11.4. The topological polar surface area (TPSA) is 50.4 Å². The van der Waals surface area contributed by atoms with E-state index in [4.69, 9.17) is 4.74 Å². The molecule has 0 saturated heterocycles. The Labute approximate surface area is 115 Å². The molecule has 1 aromatic rings. The van der Waals surface area contributed by atoms with E-state index in [1.165, 1.54) is 0 Å². The van der Waals surface area contributed by atoms with Gasteiger partial charge in [0, 0.05) is 12.6 Å². The van der Waals surface area contributed by atoms with Crippen molar-refractivity contribution in [2.45, 2.75) is 39.7 Å². The maximum Gasteiger partial charge on any atom is 0.314 e. The highest BCUT2D eigenvalue weighted by molar-refractivity contribution is 5.74. The molecule has 0 radical (unpaired) electrons. The van der Waals surface area contributed by atoms with Crippen LogP contribution in [0, 0.1) is 6.92 Å². The Bertz CT molecular complexity index is 393. The number of ether oxygens (including phenoxy) is 1. The zero-order chi connectivity index (χ0) is 14.1. The van der Waals surface area contributed by atoms with Gasteiger partial charge in [0.2, 0.25) is 0 Å². The zero-order valence-corrected chi connectivity index (χ0v) is 12.0. The average Bonchev–Trinajstić information content (AvgIpc) is 2.40. The lowest BCUT2D eigenvalue weighted by Crippen LogP contribution is -2.41. The summed E-state index contributed by atoms with van der Waals surface area (Å²) in [6.07, 6.45) is 1.73. The molecule has 19 heavy (non-hydrogen) atoms. The first-order valence-corrected chi connectivity index (χ1v) is 6.86. The molecule has 0 aliphatic rings. The summed E-state index contributed by atoms with van der Waals surface area (Å²) >= 11 is 0. The van der Waals surface area contributed by atoms with Gasteiger partial charge in [0.1, 0.15) is 5.75 Å². The third kappa shape index (κ3) is 6.13. The smallest absolute Gasteiger partial charge is 0.314 e. The molecule has 1 aromatic carbocycles. The quantitative estimate of drug-likeness (QED) is 0.744. The molecule has 2 N–H and O–H groups in total. The number of hydrogen-bond acceptors (Lipinski definition) is 2. The summed E-state index contributed by atoms with van der Waals surface area (Å²) in [5, 5.41) is 5.68. The van der Waals surface area contributed by atoms with E-state index in [2.05, 4.69) is 10.6 Å². The van der Waals surface area contributed by atoms with Crippen LogP contribution in [0.15, 0.2) is 24.3 Å². The van der Waals surface area contributed by atoms with E-state index in [0.29, 0.717) is 13.2 Å². The van der Waals surface area contributed by atoms with Crippen LogP contribution in [-0.4, -0.2) is 25.2 Å². The van der Waals surface area contributed by atoms with E-state index in [-0.39, 0.29) is 12.1 Å². The molecule has 0 heterocycles. The Morgan fingerprint density at radius 1 is 1.37 bits per heavy atom. The van der Waals surface area contributed by atoms with Gasteiger partial charge in [0.25, 0.3) is 0 Å². The number of benzene rings is 1. The Balaban J connectivity index is 2.12. The Kier molecular flexibility index (Phi) is 6.79. The molecule has 0 aliphatic heterocycles. The van der Waals surface area contributed by atoms with Gasteiger partial charge in [-0.05, 0) is 38.3 Å². The number of carbonyl (C=O) groups is 1. The Morgan fingerprint density at radius 2 is 2.11 bits per heavy atom. The van der Waals surface area contributed by atoms with Crippen molar-refractivity contribution in [3.8, 4) is 5.75 Å². The lowest BCUT2D eigenvalue weighted by atomic mass is 10.2. The summed E-state index contributed by atoms with van der Waals surface area (Å²) in [7, 11) is 0. The molecular formula is C15H24N2O2. The van der Waals surface area contributed by atoms with E-state index in [1.807, 2.05) is 45.0 Å². The summed E-state index contributed by atoms with van der Waals surface area (Å²) in [6, 6.07) is 8.03. The van der Waals surface area contributed by atoms with E-state index in [9.17, 15) is 4.79 Å². The van der Waals surface area contributed by atoms with Crippen molar-refractivity contribution in [2.75, 3.05) is 13.2 Å². The Morgan fingerprint density at radius 3 is 2.79 bits per heavy atom. The van der Waals surface area contributed by atoms with Crippen molar-refractivity contribution in [1.82, 2.24) is 10.6 Å². The molecule has 1 atom stereocenters. The first-order chi connectivity index (χ1) is 9.13. The molecule has 106 valence electrons. The predicted octanol–water partition coefficient (Wildman–Crippen LogP) is 2.86. The van der Waals surface area contributed by atoms with Gasteiger partial charge in [-0.3, -0.25) is 0 Å². The molecule has 0 aliphatic carbocycles. The fraction of sp³-hybridized carbons (Fsp3) is 0.533. The van der Waals surface area contributed by atoms with Gasteiger partial charge in [-0.25, -0.2) is 4.79 Å².